The lowest BCUT2D eigenvalue weighted by atomic mass is 9.94. The number of amides is 2. The molecule has 9 heteroatoms. The Morgan fingerprint density at radius 1 is 1.06 bits per heavy atom. The van der Waals surface area contributed by atoms with Crippen LogP contribution in [0.25, 0.3) is 0 Å². The van der Waals surface area contributed by atoms with Gasteiger partial charge in [-0.1, -0.05) is 39.7 Å². The van der Waals surface area contributed by atoms with Gasteiger partial charge in [0.15, 0.2) is 0 Å². The standard InChI is InChI=1S/C22H20BrClN2O5/c1-3-30-20(27)17-18(13-6-5-7-14(23)12-13)25-22(29)26(19(17)21(28)31-4-2)16-10-8-15(24)9-11-16/h5-12,18H,3-4H2,1-2H3,(H,25,29)/t18-/m1/s1. The number of rotatable bonds is 6. The highest BCUT2D eigenvalue weighted by Crippen LogP contribution is 2.36. The van der Waals surface area contributed by atoms with E-state index in [-0.39, 0.29) is 24.5 Å². The van der Waals surface area contributed by atoms with E-state index in [9.17, 15) is 14.4 Å². The van der Waals surface area contributed by atoms with E-state index in [4.69, 9.17) is 21.1 Å². The van der Waals surface area contributed by atoms with Crippen LogP contribution in [0.2, 0.25) is 5.02 Å². The maximum atomic E-state index is 13.2. The smallest absolute Gasteiger partial charge is 0.356 e. The summed E-state index contributed by atoms with van der Waals surface area (Å²) in [7, 11) is 0. The van der Waals surface area contributed by atoms with E-state index in [1.54, 1.807) is 56.3 Å². The monoisotopic (exact) mass is 506 g/mol. The van der Waals surface area contributed by atoms with E-state index in [0.717, 1.165) is 9.37 Å². The Morgan fingerprint density at radius 2 is 1.71 bits per heavy atom. The molecule has 0 spiro atoms. The first-order valence-electron chi connectivity index (χ1n) is 9.57. The topological polar surface area (TPSA) is 84.9 Å². The fourth-order valence-corrected chi connectivity index (χ4v) is 3.76. The molecule has 0 aliphatic carbocycles. The molecule has 0 saturated heterocycles. The average molecular weight is 508 g/mol. The molecule has 31 heavy (non-hydrogen) atoms. The van der Waals surface area contributed by atoms with Crippen molar-refractivity contribution >= 4 is 51.2 Å². The summed E-state index contributed by atoms with van der Waals surface area (Å²) in [6.45, 7) is 3.47. The number of carbonyl (C=O) groups is 3. The van der Waals surface area contributed by atoms with Crippen molar-refractivity contribution in [3.8, 4) is 0 Å². The second-order valence-electron chi connectivity index (χ2n) is 6.45. The minimum atomic E-state index is -0.910. The van der Waals surface area contributed by atoms with Crippen molar-refractivity contribution in [1.29, 1.82) is 0 Å². The fraction of sp³-hybridized carbons (Fsp3) is 0.227. The number of urea groups is 1. The molecular weight excluding hydrogens is 488 g/mol. The van der Waals surface area contributed by atoms with Crippen LogP contribution in [-0.2, 0) is 19.1 Å². The number of halogens is 2. The van der Waals surface area contributed by atoms with Gasteiger partial charge < -0.3 is 14.8 Å². The van der Waals surface area contributed by atoms with Crippen LogP contribution in [0.1, 0.15) is 25.5 Å². The first-order chi connectivity index (χ1) is 14.9. The van der Waals surface area contributed by atoms with Crippen molar-refractivity contribution in [3.05, 3.63) is 74.9 Å². The van der Waals surface area contributed by atoms with Crippen molar-refractivity contribution in [2.75, 3.05) is 18.1 Å². The molecular formula is C22H20BrClN2O5. The molecule has 3 rings (SSSR count). The van der Waals surface area contributed by atoms with E-state index in [1.807, 2.05) is 6.07 Å². The van der Waals surface area contributed by atoms with Gasteiger partial charge >= 0.3 is 18.0 Å². The molecule has 1 N–H and O–H groups in total. The van der Waals surface area contributed by atoms with Crippen LogP contribution in [0, 0.1) is 0 Å². The zero-order valence-electron chi connectivity index (χ0n) is 16.9. The van der Waals surface area contributed by atoms with Gasteiger partial charge in [-0.3, -0.25) is 4.90 Å². The number of benzene rings is 2. The van der Waals surface area contributed by atoms with E-state index in [2.05, 4.69) is 21.2 Å². The summed E-state index contributed by atoms with van der Waals surface area (Å²) >= 11 is 9.37. The fourth-order valence-electron chi connectivity index (χ4n) is 3.22. The Hall–Kier alpha value is -2.84. The molecule has 1 heterocycles. The van der Waals surface area contributed by atoms with Crippen LogP contribution >= 0.6 is 27.5 Å². The predicted molar refractivity (Wildman–Crippen MR) is 120 cm³/mol. The Morgan fingerprint density at radius 3 is 2.32 bits per heavy atom. The van der Waals surface area contributed by atoms with E-state index < -0.39 is 24.0 Å². The van der Waals surface area contributed by atoms with Crippen molar-refractivity contribution in [2.24, 2.45) is 0 Å². The summed E-state index contributed by atoms with van der Waals surface area (Å²) in [6, 6.07) is 11.9. The number of ether oxygens (including phenoxy) is 2. The molecule has 2 aromatic rings. The van der Waals surface area contributed by atoms with Gasteiger partial charge in [-0.05, 0) is 55.8 Å². The molecule has 1 aliphatic rings. The normalized spacial score (nSPS) is 16.1. The van der Waals surface area contributed by atoms with Crippen LogP contribution in [0.5, 0.6) is 0 Å². The maximum Gasteiger partial charge on any atom is 0.356 e. The summed E-state index contributed by atoms with van der Waals surface area (Å²) in [6.07, 6.45) is 0. The quantitative estimate of drug-likeness (QED) is 0.570. The van der Waals surface area contributed by atoms with Gasteiger partial charge in [0.1, 0.15) is 5.70 Å². The molecule has 1 aliphatic heterocycles. The third-order valence-electron chi connectivity index (χ3n) is 4.47. The Balaban J connectivity index is 2.27. The summed E-state index contributed by atoms with van der Waals surface area (Å²) < 4.78 is 11.2. The lowest BCUT2D eigenvalue weighted by molar-refractivity contribution is -0.142. The summed E-state index contributed by atoms with van der Waals surface area (Å²) in [5, 5.41) is 3.26. The average Bonchev–Trinajstić information content (AvgIpc) is 2.74. The second kappa shape index (κ2) is 9.98. The number of hydrogen-bond acceptors (Lipinski definition) is 5. The molecule has 2 amide bonds. The number of anilines is 1. The summed E-state index contributed by atoms with van der Waals surface area (Å²) in [5.74, 6) is -1.54. The summed E-state index contributed by atoms with van der Waals surface area (Å²) in [4.78, 5) is 40.3. The molecule has 0 fully saturated rings. The minimum absolute atomic E-state index is 0.0204. The van der Waals surface area contributed by atoms with Gasteiger partial charge in [-0.15, -0.1) is 0 Å². The highest BCUT2D eigenvalue weighted by atomic mass is 79.9. The SMILES string of the molecule is CCOC(=O)C1=C(C(=O)OCC)N(c2ccc(Cl)cc2)C(=O)N[C@@H]1c1cccc(Br)c1. The van der Waals surface area contributed by atoms with Gasteiger partial charge in [0.25, 0.3) is 0 Å². The third kappa shape index (κ3) is 4.91. The number of nitrogens with one attached hydrogen (secondary N) is 1. The van der Waals surface area contributed by atoms with Crippen LogP contribution in [0.3, 0.4) is 0 Å². The van der Waals surface area contributed by atoms with Gasteiger partial charge in [0.05, 0.1) is 30.5 Å². The van der Waals surface area contributed by atoms with Gasteiger partial charge in [-0.25, -0.2) is 14.4 Å². The molecule has 162 valence electrons. The molecule has 1 atom stereocenters. The van der Waals surface area contributed by atoms with Crippen LogP contribution in [0.15, 0.2) is 64.3 Å². The number of nitrogens with zero attached hydrogens (tertiary/aromatic N) is 1. The molecule has 0 saturated carbocycles. The lowest BCUT2D eigenvalue weighted by Crippen LogP contribution is -2.51. The van der Waals surface area contributed by atoms with Crippen LogP contribution < -0.4 is 10.2 Å². The number of esters is 2. The van der Waals surface area contributed by atoms with Crippen LogP contribution in [-0.4, -0.2) is 31.2 Å². The maximum absolute atomic E-state index is 13.2. The van der Waals surface area contributed by atoms with Gasteiger partial charge in [0.2, 0.25) is 0 Å². The molecule has 7 nitrogen and oxygen atoms in total. The Labute approximate surface area is 193 Å². The van der Waals surface area contributed by atoms with E-state index >= 15 is 0 Å². The Bertz CT molecular complexity index is 1040. The second-order valence-corrected chi connectivity index (χ2v) is 7.80. The highest BCUT2D eigenvalue weighted by molar-refractivity contribution is 9.10. The first-order valence-corrected chi connectivity index (χ1v) is 10.7. The zero-order valence-corrected chi connectivity index (χ0v) is 19.2. The van der Waals surface area contributed by atoms with Gasteiger partial charge in [-0.2, -0.15) is 0 Å². The number of carbonyl (C=O) groups excluding carboxylic acids is 3. The number of hydrogen-bond donors (Lipinski definition) is 1. The van der Waals surface area contributed by atoms with Crippen molar-refractivity contribution in [2.45, 2.75) is 19.9 Å². The third-order valence-corrected chi connectivity index (χ3v) is 5.21. The van der Waals surface area contributed by atoms with Crippen molar-refractivity contribution < 1.29 is 23.9 Å². The zero-order chi connectivity index (χ0) is 22.5. The first kappa shape index (κ1) is 22.8. The van der Waals surface area contributed by atoms with Crippen molar-refractivity contribution in [1.82, 2.24) is 5.32 Å². The molecule has 0 unspecified atom stereocenters. The lowest BCUT2D eigenvalue weighted by Gasteiger charge is -2.35. The largest absolute Gasteiger partial charge is 0.463 e. The van der Waals surface area contributed by atoms with Crippen LogP contribution in [0.4, 0.5) is 10.5 Å². The molecule has 0 bridgehead atoms. The van der Waals surface area contributed by atoms with Gasteiger partial charge in [0, 0.05) is 9.50 Å². The summed E-state index contributed by atoms with van der Waals surface area (Å²) in [5.41, 5.74) is 0.729. The Kier molecular flexibility index (Phi) is 7.35. The molecule has 2 aromatic carbocycles. The van der Waals surface area contributed by atoms with E-state index in [0.29, 0.717) is 16.3 Å². The molecule has 0 aromatic heterocycles. The highest BCUT2D eigenvalue weighted by Gasteiger charge is 2.42. The predicted octanol–water partition coefficient (Wildman–Crippen LogP) is 4.75. The minimum Gasteiger partial charge on any atom is -0.463 e. The molecule has 0 radical (unpaired) electrons. The van der Waals surface area contributed by atoms with Crippen molar-refractivity contribution in [3.63, 3.8) is 0 Å². The van der Waals surface area contributed by atoms with E-state index in [1.165, 1.54) is 0 Å².